The summed E-state index contributed by atoms with van der Waals surface area (Å²) in [6.07, 6.45) is 5.08. The van der Waals surface area contributed by atoms with E-state index in [9.17, 15) is 0 Å². The molecule has 2 nitrogen and oxygen atoms in total. The van der Waals surface area contributed by atoms with E-state index in [4.69, 9.17) is 0 Å². The van der Waals surface area contributed by atoms with E-state index in [2.05, 4.69) is 43.2 Å². The third-order valence-corrected chi connectivity index (χ3v) is 3.55. The molecule has 0 N–H and O–H groups in total. The molecule has 0 bridgehead atoms. The van der Waals surface area contributed by atoms with Crippen molar-refractivity contribution in [1.82, 2.24) is 9.78 Å². The first-order chi connectivity index (χ1) is 5.76. The molecule has 0 aliphatic carbocycles. The Morgan fingerprint density at radius 2 is 2.17 bits per heavy atom. The van der Waals surface area contributed by atoms with Crippen LogP contribution in [0, 0.1) is 5.92 Å². The van der Waals surface area contributed by atoms with Crippen LogP contribution in [0.15, 0.2) is 12.4 Å². The maximum Gasteiger partial charge on any atom is 0.0521 e. The second-order valence-electron chi connectivity index (χ2n) is 2.90. The van der Waals surface area contributed by atoms with Gasteiger partial charge in [0, 0.05) is 23.9 Å². The molecule has 4 heteroatoms. The van der Waals surface area contributed by atoms with Crippen LogP contribution in [0.2, 0.25) is 0 Å². The van der Waals surface area contributed by atoms with Crippen molar-refractivity contribution in [1.29, 1.82) is 0 Å². The third kappa shape index (κ3) is 2.90. The van der Waals surface area contributed by atoms with Crippen LogP contribution in [0.1, 0.15) is 5.56 Å². The Bertz CT molecular complexity index is 231. The number of rotatable bonds is 4. The second kappa shape index (κ2) is 5.02. The first-order valence-electron chi connectivity index (χ1n) is 3.85. The lowest BCUT2D eigenvalue weighted by Crippen LogP contribution is -2.06. The summed E-state index contributed by atoms with van der Waals surface area (Å²) in [6, 6.07) is 0. The summed E-state index contributed by atoms with van der Waals surface area (Å²) >= 11 is 6.97. The van der Waals surface area contributed by atoms with Crippen molar-refractivity contribution < 1.29 is 0 Å². The highest BCUT2D eigenvalue weighted by atomic mass is 79.9. The molecule has 68 valence electrons. The van der Waals surface area contributed by atoms with Crippen molar-refractivity contribution in [2.75, 3.05) is 10.7 Å². The lowest BCUT2D eigenvalue weighted by Gasteiger charge is -2.07. The van der Waals surface area contributed by atoms with Crippen LogP contribution < -0.4 is 0 Å². The van der Waals surface area contributed by atoms with Gasteiger partial charge in [0.2, 0.25) is 0 Å². The van der Waals surface area contributed by atoms with Gasteiger partial charge in [-0.2, -0.15) is 5.10 Å². The van der Waals surface area contributed by atoms with Gasteiger partial charge in [0.1, 0.15) is 0 Å². The lowest BCUT2D eigenvalue weighted by molar-refractivity contribution is 0.678. The van der Waals surface area contributed by atoms with E-state index in [1.165, 1.54) is 5.56 Å². The molecule has 0 amide bonds. The van der Waals surface area contributed by atoms with E-state index in [1.54, 1.807) is 0 Å². The molecule has 0 radical (unpaired) electrons. The van der Waals surface area contributed by atoms with Gasteiger partial charge in [0.05, 0.1) is 6.20 Å². The van der Waals surface area contributed by atoms with E-state index < -0.39 is 0 Å². The van der Waals surface area contributed by atoms with E-state index in [1.807, 2.05) is 17.9 Å². The molecule has 0 atom stereocenters. The van der Waals surface area contributed by atoms with Crippen LogP contribution in [-0.2, 0) is 13.5 Å². The molecule has 12 heavy (non-hydrogen) atoms. The largest absolute Gasteiger partial charge is 0.276 e. The standard InChI is InChI=1S/C8H12Br2N2/c1-12-6-8(5-11-12)2-7(3-9)4-10/h5-7H,2-4H2,1H3. The zero-order valence-corrected chi connectivity index (χ0v) is 10.2. The topological polar surface area (TPSA) is 17.8 Å². The van der Waals surface area contributed by atoms with Crippen molar-refractivity contribution in [2.45, 2.75) is 6.42 Å². The molecular weight excluding hydrogens is 284 g/mol. The van der Waals surface area contributed by atoms with Crippen LogP contribution in [0.5, 0.6) is 0 Å². The van der Waals surface area contributed by atoms with E-state index in [0.717, 1.165) is 17.1 Å². The third-order valence-electron chi connectivity index (χ3n) is 1.72. The Kier molecular flexibility index (Phi) is 4.29. The fourth-order valence-corrected chi connectivity index (χ4v) is 2.59. The molecule has 0 aliphatic heterocycles. The molecule has 1 rings (SSSR count). The van der Waals surface area contributed by atoms with Crippen molar-refractivity contribution in [2.24, 2.45) is 13.0 Å². The molecular formula is C8H12Br2N2. The molecule has 0 saturated heterocycles. The minimum atomic E-state index is 0.661. The maximum atomic E-state index is 4.12. The van der Waals surface area contributed by atoms with Gasteiger partial charge in [0.25, 0.3) is 0 Å². The van der Waals surface area contributed by atoms with Gasteiger partial charge in [-0.05, 0) is 17.9 Å². The minimum Gasteiger partial charge on any atom is -0.276 e. The lowest BCUT2D eigenvalue weighted by atomic mass is 10.1. The molecule has 0 aliphatic rings. The Morgan fingerprint density at radius 3 is 2.58 bits per heavy atom. The van der Waals surface area contributed by atoms with Gasteiger partial charge in [-0.25, -0.2) is 0 Å². The first kappa shape index (κ1) is 10.3. The minimum absolute atomic E-state index is 0.661. The average Bonchev–Trinajstić information content (AvgIpc) is 2.47. The molecule has 1 heterocycles. The van der Waals surface area contributed by atoms with Crippen LogP contribution in [0.25, 0.3) is 0 Å². The predicted octanol–water partition coefficient (Wildman–Crippen LogP) is 2.37. The zero-order valence-electron chi connectivity index (χ0n) is 7.00. The number of aryl methyl sites for hydroxylation is 1. The SMILES string of the molecule is Cn1cc(CC(CBr)CBr)cn1. The predicted molar refractivity (Wildman–Crippen MR) is 58.0 cm³/mol. The smallest absolute Gasteiger partial charge is 0.0521 e. The highest BCUT2D eigenvalue weighted by Crippen LogP contribution is 2.12. The van der Waals surface area contributed by atoms with E-state index in [-0.39, 0.29) is 0 Å². The monoisotopic (exact) mass is 294 g/mol. The summed E-state index contributed by atoms with van der Waals surface area (Å²) in [7, 11) is 1.95. The van der Waals surface area contributed by atoms with Gasteiger partial charge in [-0.15, -0.1) is 0 Å². The number of hydrogen-bond donors (Lipinski definition) is 0. The average molecular weight is 296 g/mol. The van der Waals surface area contributed by atoms with Crippen LogP contribution in [-0.4, -0.2) is 20.4 Å². The van der Waals surface area contributed by atoms with Gasteiger partial charge < -0.3 is 0 Å². The number of hydrogen-bond acceptors (Lipinski definition) is 1. The Labute approximate surface area is 89.6 Å². The molecule has 0 unspecified atom stereocenters. The normalized spacial score (nSPS) is 11.0. The van der Waals surface area contributed by atoms with Gasteiger partial charge in [-0.3, -0.25) is 4.68 Å². The maximum absolute atomic E-state index is 4.12. The van der Waals surface area contributed by atoms with Gasteiger partial charge >= 0.3 is 0 Å². The van der Waals surface area contributed by atoms with Gasteiger partial charge in [-0.1, -0.05) is 31.9 Å². The number of nitrogens with zero attached hydrogens (tertiary/aromatic N) is 2. The second-order valence-corrected chi connectivity index (χ2v) is 4.20. The molecule has 1 aromatic rings. The Morgan fingerprint density at radius 1 is 1.50 bits per heavy atom. The summed E-state index contributed by atoms with van der Waals surface area (Å²) in [6.45, 7) is 0. The summed E-state index contributed by atoms with van der Waals surface area (Å²) in [5.74, 6) is 0.661. The van der Waals surface area contributed by atoms with Crippen molar-refractivity contribution in [3.8, 4) is 0 Å². The number of halogens is 2. The van der Waals surface area contributed by atoms with Crippen molar-refractivity contribution in [3.05, 3.63) is 18.0 Å². The Hall–Kier alpha value is 0.170. The van der Waals surface area contributed by atoms with E-state index in [0.29, 0.717) is 5.92 Å². The molecule has 0 spiro atoms. The zero-order chi connectivity index (χ0) is 8.97. The molecule has 0 aromatic carbocycles. The molecule has 0 saturated carbocycles. The fraction of sp³-hybridized carbons (Fsp3) is 0.625. The highest BCUT2D eigenvalue weighted by molar-refractivity contribution is 9.09. The van der Waals surface area contributed by atoms with Crippen LogP contribution in [0.3, 0.4) is 0 Å². The number of aromatic nitrogens is 2. The summed E-state index contributed by atoms with van der Waals surface area (Å²) in [5.41, 5.74) is 1.31. The van der Waals surface area contributed by atoms with Crippen molar-refractivity contribution in [3.63, 3.8) is 0 Å². The fourth-order valence-electron chi connectivity index (χ4n) is 1.06. The quantitative estimate of drug-likeness (QED) is 0.780. The number of alkyl halides is 2. The summed E-state index contributed by atoms with van der Waals surface area (Å²) in [4.78, 5) is 0. The van der Waals surface area contributed by atoms with Gasteiger partial charge in [0.15, 0.2) is 0 Å². The summed E-state index contributed by atoms with van der Waals surface area (Å²) in [5, 5.41) is 6.19. The molecule has 1 aromatic heterocycles. The van der Waals surface area contributed by atoms with Crippen molar-refractivity contribution >= 4 is 31.9 Å². The van der Waals surface area contributed by atoms with Crippen LogP contribution >= 0.6 is 31.9 Å². The summed E-state index contributed by atoms with van der Waals surface area (Å²) < 4.78 is 1.84. The Balaban J connectivity index is 2.50. The van der Waals surface area contributed by atoms with E-state index >= 15 is 0 Å². The highest BCUT2D eigenvalue weighted by Gasteiger charge is 2.07. The van der Waals surface area contributed by atoms with Crippen LogP contribution in [0.4, 0.5) is 0 Å². The first-order valence-corrected chi connectivity index (χ1v) is 6.10. The molecule has 0 fully saturated rings.